The molecule has 0 N–H and O–H groups in total. The minimum absolute atomic E-state index is 0.507. The van der Waals surface area contributed by atoms with Crippen LogP contribution >= 0.6 is 0 Å². The number of esters is 1. The van der Waals surface area contributed by atoms with Crippen molar-refractivity contribution in [1.29, 1.82) is 0 Å². The largest absolute Gasteiger partial charge is 0.468 e. The maximum absolute atomic E-state index is 12.5. The molecule has 0 unspecified atom stereocenters. The van der Waals surface area contributed by atoms with E-state index in [4.69, 9.17) is 0 Å². The van der Waals surface area contributed by atoms with E-state index in [2.05, 4.69) is 4.74 Å². The van der Waals surface area contributed by atoms with Crippen molar-refractivity contribution in [2.45, 2.75) is 6.04 Å². The Bertz CT molecular complexity index is 705. The van der Waals surface area contributed by atoms with E-state index in [0.717, 1.165) is 11.1 Å². The number of benzene rings is 2. The van der Waals surface area contributed by atoms with E-state index in [-0.39, 0.29) is 0 Å². The lowest BCUT2D eigenvalue weighted by atomic mass is 9.99. The van der Waals surface area contributed by atoms with E-state index in [1.54, 1.807) is 0 Å². The molecule has 0 atom stereocenters. The molecule has 0 fully saturated rings. The summed E-state index contributed by atoms with van der Waals surface area (Å²) in [5.74, 6) is -1.47. The Labute approximate surface area is 136 Å². The summed E-state index contributed by atoms with van der Waals surface area (Å²) in [4.78, 5) is 11.4. The summed E-state index contributed by atoms with van der Waals surface area (Å²) in [5, 5.41) is 0. The zero-order chi connectivity index (χ0) is 16.9. The molecule has 0 amide bonds. The van der Waals surface area contributed by atoms with E-state index in [1.807, 2.05) is 60.7 Å². The molecule has 0 aliphatic heterocycles. The van der Waals surface area contributed by atoms with Gasteiger partial charge >= 0.3 is 5.97 Å². The predicted octanol–water partition coefficient (Wildman–Crippen LogP) is 2.21. The van der Waals surface area contributed by atoms with Crippen LogP contribution in [0.5, 0.6) is 0 Å². The molecule has 2 aromatic carbocycles. The van der Waals surface area contributed by atoms with E-state index >= 15 is 0 Å². The van der Waals surface area contributed by atoms with Crippen LogP contribution in [0.4, 0.5) is 0 Å². The third-order valence-electron chi connectivity index (χ3n) is 3.56. The first-order valence-corrected chi connectivity index (χ1v) is 8.69. The van der Waals surface area contributed by atoms with Gasteiger partial charge in [-0.2, -0.15) is 4.31 Å². The number of sulfonamides is 1. The lowest BCUT2D eigenvalue weighted by Gasteiger charge is -2.28. The van der Waals surface area contributed by atoms with Gasteiger partial charge in [-0.05, 0) is 11.1 Å². The van der Waals surface area contributed by atoms with E-state index < -0.39 is 27.8 Å². The Morgan fingerprint density at radius 3 is 1.83 bits per heavy atom. The fraction of sp³-hybridized carbons (Fsp3) is 0.235. The predicted molar refractivity (Wildman–Crippen MR) is 88.3 cm³/mol. The highest BCUT2D eigenvalue weighted by Crippen LogP contribution is 2.29. The molecule has 5 nitrogen and oxygen atoms in total. The summed E-state index contributed by atoms with van der Waals surface area (Å²) in [5.41, 5.74) is 1.66. The van der Waals surface area contributed by atoms with Crippen molar-refractivity contribution in [3.05, 3.63) is 71.8 Å². The van der Waals surface area contributed by atoms with Crippen molar-refractivity contribution in [3.8, 4) is 0 Å². The Kier molecular flexibility index (Phi) is 5.52. The average molecular weight is 333 g/mol. The molecule has 0 bridgehead atoms. The van der Waals surface area contributed by atoms with Crippen LogP contribution in [0.3, 0.4) is 0 Å². The highest BCUT2D eigenvalue weighted by Gasteiger charge is 2.30. The summed E-state index contributed by atoms with van der Waals surface area (Å²) in [6.07, 6.45) is 0. The number of hydrogen-bond acceptors (Lipinski definition) is 4. The summed E-state index contributed by atoms with van der Waals surface area (Å²) >= 11 is 0. The van der Waals surface area contributed by atoms with Crippen LogP contribution in [-0.4, -0.2) is 38.6 Å². The minimum Gasteiger partial charge on any atom is -0.468 e. The Balaban J connectivity index is 2.44. The molecule has 0 spiro atoms. The highest BCUT2D eigenvalue weighted by atomic mass is 32.2. The van der Waals surface area contributed by atoms with Gasteiger partial charge in [-0.15, -0.1) is 0 Å². The van der Waals surface area contributed by atoms with Gasteiger partial charge in [0, 0.05) is 7.05 Å². The topological polar surface area (TPSA) is 63.7 Å². The second-order valence-electron chi connectivity index (χ2n) is 5.07. The van der Waals surface area contributed by atoms with Crippen molar-refractivity contribution in [1.82, 2.24) is 4.31 Å². The van der Waals surface area contributed by atoms with Gasteiger partial charge < -0.3 is 4.74 Å². The first-order valence-electron chi connectivity index (χ1n) is 7.08. The van der Waals surface area contributed by atoms with Gasteiger partial charge in [-0.3, -0.25) is 4.79 Å². The SMILES string of the molecule is COC(=O)CS(=O)(=O)N(C)C(c1ccccc1)c1ccccc1. The molecular weight excluding hydrogens is 314 g/mol. The molecule has 0 aliphatic rings. The van der Waals surface area contributed by atoms with Gasteiger partial charge in [0.1, 0.15) is 0 Å². The quantitative estimate of drug-likeness (QED) is 0.760. The first-order chi connectivity index (χ1) is 11.0. The summed E-state index contributed by atoms with van der Waals surface area (Å²) in [6.45, 7) is 0. The molecule has 6 heteroatoms. The Morgan fingerprint density at radius 1 is 1.00 bits per heavy atom. The van der Waals surface area contributed by atoms with Crippen LogP contribution in [0.25, 0.3) is 0 Å². The second-order valence-corrected chi connectivity index (χ2v) is 7.10. The average Bonchev–Trinajstić information content (AvgIpc) is 2.56. The minimum atomic E-state index is -3.81. The molecular formula is C17H19NO4S. The first kappa shape index (κ1) is 17.2. The van der Waals surface area contributed by atoms with Gasteiger partial charge in [0.25, 0.3) is 0 Å². The van der Waals surface area contributed by atoms with Crippen molar-refractivity contribution >= 4 is 16.0 Å². The van der Waals surface area contributed by atoms with E-state index in [9.17, 15) is 13.2 Å². The summed E-state index contributed by atoms with van der Waals surface area (Å²) < 4.78 is 30.7. The van der Waals surface area contributed by atoms with Crippen LogP contribution in [-0.2, 0) is 19.6 Å². The van der Waals surface area contributed by atoms with E-state index in [1.165, 1.54) is 18.5 Å². The van der Waals surface area contributed by atoms with Crippen molar-refractivity contribution in [2.75, 3.05) is 19.9 Å². The van der Waals surface area contributed by atoms with Crippen molar-refractivity contribution in [2.24, 2.45) is 0 Å². The number of rotatable bonds is 6. The molecule has 0 radical (unpaired) electrons. The molecule has 0 saturated heterocycles. The molecule has 122 valence electrons. The number of nitrogens with zero attached hydrogens (tertiary/aromatic N) is 1. The third kappa shape index (κ3) is 4.18. The lowest BCUT2D eigenvalue weighted by molar-refractivity contribution is -0.137. The molecule has 23 heavy (non-hydrogen) atoms. The number of carbonyl (C=O) groups excluding carboxylic acids is 1. The normalized spacial score (nSPS) is 11.7. The highest BCUT2D eigenvalue weighted by molar-refractivity contribution is 7.89. The zero-order valence-corrected chi connectivity index (χ0v) is 13.9. The van der Waals surface area contributed by atoms with Crippen molar-refractivity contribution < 1.29 is 17.9 Å². The fourth-order valence-corrected chi connectivity index (χ4v) is 3.54. The molecule has 0 aliphatic carbocycles. The van der Waals surface area contributed by atoms with Crippen molar-refractivity contribution in [3.63, 3.8) is 0 Å². The van der Waals surface area contributed by atoms with Crippen LogP contribution in [0.15, 0.2) is 60.7 Å². The molecule has 0 aromatic heterocycles. The summed E-state index contributed by atoms with van der Waals surface area (Å²) in [6, 6.07) is 18.1. The monoisotopic (exact) mass is 333 g/mol. The van der Waals surface area contributed by atoms with Crippen LogP contribution in [0, 0.1) is 0 Å². The van der Waals surface area contributed by atoms with Gasteiger partial charge in [-0.25, -0.2) is 8.42 Å². The van der Waals surface area contributed by atoms with E-state index in [0.29, 0.717) is 0 Å². The number of methoxy groups -OCH3 is 1. The Morgan fingerprint density at radius 2 is 1.43 bits per heavy atom. The van der Waals surface area contributed by atoms with Crippen LogP contribution in [0.2, 0.25) is 0 Å². The molecule has 0 heterocycles. The van der Waals surface area contributed by atoms with Crippen LogP contribution < -0.4 is 0 Å². The maximum atomic E-state index is 12.5. The second kappa shape index (κ2) is 7.39. The standard InChI is InChI=1S/C17H19NO4S/c1-18(23(20,21)13-16(19)22-2)17(14-9-5-3-6-10-14)15-11-7-4-8-12-15/h3-12,17H,13H2,1-2H3. The maximum Gasteiger partial charge on any atom is 0.322 e. The smallest absolute Gasteiger partial charge is 0.322 e. The zero-order valence-electron chi connectivity index (χ0n) is 13.0. The Hall–Kier alpha value is -2.18. The number of ether oxygens (including phenoxy) is 1. The molecule has 2 rings (SSSR count). The van der Waals surface area contributed by atoms with Crippen LogP contribution in [0.1, 0.15) is 17.2 Å². The molecule has 0 saturated carbocycles. The number of hydrogen-bond donors (Lipinski definition) is 0. The number of carbonyl (C=O) groups is 1. The van der Waals surface area contributed by atoms with Gasteiger partial charge in [0.2, 0.25) is 10.0 Å². The van der Waals surface area contributed by atoms with Gasteiger partial charge in [0.05, 0.1) is 13.2 Å². The lowest BCUT2D eigenvalue weighted by Crippen LogP contribution is -2.36. The van der Waals surface area contributed by atoms with Gasteiger partial charge in [0.15, 0.2) is 5.75 Å². The third-order valence-corrected chi connectivity index (χ3v) is 5.25. The fourth-order valence-electron chi connectivity index (χ4n) is 2.35. The summed E-state index contributed by atoms with van der Waals surface area (Å²) in [7, 11) is -1.16. The van der Waals surface area contributed by atoms with Gasteiger partial charge in [-0.1, -0.05) is 60.7 Å². The molecule has 2 aromatic rings.